The Hall–Kier alpha value is -1.21. The smallest absolute Gasteiger partial charge is 0.266 e. The van der Waals surface area contributed by atoms with Gasteiger partial charge in [0.1, 0.15) is 6.29 Å². The predicted molar refractivity (Wildman–Crippen MR) is 47.4 cm³/mol. The molecule has 0 heterocycles. The number of ketones is 1. The van der Waals surface area contributed by atoms with Gasteiger partial charge < -0.3 is 9.90 Å². The SMILES string of the molecule is CC(=CO)C(=O)C(C=O)CS(=O)(=O)O. The Bertz CT molecular complexity index is 352. The van der Waals surface area contributed by atoms with Crippen molar-refractivity contribution in [2.24, 2.45) is 5.92 Å². The third-order valence-corrected chi connectivity index (χ3v) is 2.25. The second-order valence-corrected chi connectivity index (χ2v) is 4.16. The van der Waals surface area contributed by atoms with Crippen molar-refractivity contribution < 1.29 is 27.7 Å². The molecule has 1 atom stereocenters. The van der Waals surface area contributed by atoms with E-state index in [1.54, 1.807) is 0 Å². The molecule has 0 aromatic heterocycles. The van der Waals surface area contributed by atoms with Crippen molar-refractivity contribution in [2.45, 2.75) is 6.92 Å². The highest BCUT2D eigenvalue weighted by Crippen LogP contribution is 2.06. The molecule has 0 aromatic rings. The Labute approximate surface area is 81.0 Å². The van der Waals surface area contributed by atoms with Crippen LogP contribution in [0.2, 0.25) is 0 Å². The fraction of sp³-hybridized carbons (Fsp3) is 0.429. The van der Waals surface area contributed by atoms with Crippen LogP contribution in [0.15, 0.2) is 11.8 Å². The van der Waals surface area contributed by atoms with Gasteiger partial charge in [-0.2, -0.15) is 8.42 Å². The Morgan fingerprint density at radius 2 is 2.00 bits per heavy atom. The molecule has 0 saturated carbocycles. The highest BCUT2D eigenvalue weighted by Gasteiger charge is 2.24. The lowest BCUT2D eigenvalue weighted by molar-refractivity contribution is -0.123. The molecule has 0 aromatic carbocycles. The van der Waals surface area contributed by atoms with Gasteiger partial charge in [-0.3, -0.25) is 9.35 Å². The molecular formula is C7H10O6S. The summed E-state index contributed by atoms with van der Waals surface area (Å²) in [4.78, 5) is 21.5. The van der Waals surface area contributed by atoms with E-state index in [-0.39, 0.29) is 11.9 Å². The maximum atomic E-state index is 11.1. The molecule has 0 aliphatic heterocycles. The van der Waals surface area contributed by atoms with Crippen LogP contribution in [0.1, 0.15) is 6.92 Å². The van der Waals surface area contributed by atoms with Crippen LogP contribution in [0, 0.1) is 5.92 Å². The minimum atomic E-state index is -4.38. The molecule has 0 spiro atoms. The van der Waals surface area contributed by atoms with Crippen molar-refractivity contribution in [3.63, 3.8) is 0 Å². The van der Waals surface area contributed by atoms with Crippen LogP contribution < -0.4 is 0 Å². The summed E-state index contributed by atoms with van der Waals surface area (Å²) in [5.74, 6) is -3.28. The Morgan fingerprint density at radius 3 is 2.29 bits per heavy atom. The molecule has 0 fully saturated rings. The molecule has 6 nitrogen and oxygen atoms in total. The number of allylic oxidation sites excluding steroid dienone is 1. The van der Waals surface area contributed by atoms with Gasteiger partial charge in [0, 0.05) is 5.57 Å². The van der Waals surface area contributed by atoms with Gasteiger partial charge in [0.15, 0.2) is 5.78 Å². The molecule has 0 aliphatic rings. The molecule has 14 heavy (non-hydrogen) atoms. The monoisotopic (exact) mass is 222 g/mol. The van der Waals surface area contributed by atoms with Crippen molar-refractivity contribution in [3.05, 3.63) is 11.8 Å². The minimum Gasteiger partial charge on any atom is -0.515 e. The number of rotatable bonds is 5. The van der Waals surface area contributed by atoms with Crippen LogP contribution in [0.25, 0.3) is 0 Å². The molecule has 7 heteroatoms. The van der Waals surface area contributed by atoms with Gasteiger partial charge in [0.25, 0.3) is 10.1 Å². The normalized spacial score (nSPS) is 14.9. The molecule has 0 amide bonds. The van der Waals surface area contributed by atoms with E-state index in [4.69, 9.17) is 9.66 Å². The molecule has 80 valence electrons. The molecule has 1 unspecified atom stereocenters. The van der Waals surface area contributed by atoms with Gasteiger partial charge in [0.05, 0.1) is 17.9 Å². The lowest BCUT2D eigenvalue weighted by atomic mass is 10.0. The Balaban J connectivity index is 4.76. The van der Waals surface area contributed by atoms with E-state index in [0.29, 0.717) is 6.26 Å². The van der Waals surface area contributed by atoms with Crippen molar-refractivity contribution in [1.82, 2.24) is 0 Å². The van der Waals surface area contributed by atoms with Crippen molar-refractivity contribution in [1.29, 1.82) is 0 Å². The van der Waals surface area contributed by atoms with Crippen LogP contribution in [0.4, 0.5) is 0 Å². The first-order chi connectivity index (χ1) is 6.31. The minimum absolute atomic E-state index is 0.114. The first-order valence-corrected chi connectivity index (χ1v) is 5.18. The molecule has 0 rings (SSSR count). The van der Waals surface area contributed by atoms with Crippen LogP contribution >= 0.6 is 0 Å². The molecule has 0 radical (unpaired) electrons. The van der Waals surface area contributed by atoms with Crippen molar-refractivity contribution >= 4 is 22.2 Å². The number of Topliss-reactive ketones (excluding diaryl/α,β-unsaturated/α-hetero) is 1. The second kappa shape index (κ2) is 4.87. The summed E-state index contributed by atoms with van der Waals surface area (Å²) < 4.78 is 29.2. The van der Waals surface area contributed by atoms with E-state index in [1.807, 2.05) is 0 Å². The van der Waals surface area contributed by atoms with Gasteiger partial charge in [0.2, 0.25) is 0 Å². The van der Waals surface area contributed by atoms with Gasteiger partial charge >= 0.3 is 0 Å². The van der Waals surface area contributed by atoms with Gasteiger partial charge in [-0.25, -0.2) is 0 Å². The summed E-state index contributed by atoms with van der Waals surface area (Å²) in [5, 5.41) is 8.44. The average Bonchev–Trinajstić information content (AvgIpc) is 2.10. The fourth-order valence-corrected chi connectivity index (χ4v) is 1.44. The van der Waals surface area contributed by atoms with Crippen LogP contribution in [0.5, 0.6) is 0 Å². The predicted octanol–water partition coefficient (Wildman–Crippen LogP) is -0.280. The number of aldehydes is 1. The number of aliphatic hydroxyl groups is 1. The van der Waals surface area contributed by atoms with E-state index < -0.39 is 27.6 Å². The summed E-state index contributed by atoms with van der Waals surface area (Å²) in [7, 11) is -4.38. The zero-order valence-electron chi connectivity index (χ0n) is 7.37. The fourth-order valence-electron chi connectivity index (χ4n) is 0.760. The largest absolute Gasteiger partial charge is 0.515 e. The molecular weight excluding hydrogens is 212 g/mol. The second-order valence-electron chi connectivity index (χ2n) is 2.67. The highest BCUT2D eigenvalue weighted by atomic mass is 32.2. The topological polar surface area (TPSA) is 109 Å². The number of carbonyl (C=O) groups excluding carboxylic acids is 2. The lowest BCUT2D eigenvalue weighted by Gasteiger charge is -2.05. The Kier molecular flexibility index (Phi) is 4.45. The maximum Gasteiger partial charge on any atom is 0.266 e. The summed E-state index contributed by atoms with van der Waals surface area (Å²) in [5.41, 5.74) is -0.147. The van der Waals surface area contributed by atoms with E-state index in [2.05, 4.69) is 0 Å². The molecule has 0 bridgehead atoms. The third kappa shape index (κ3) is 4.15. The van der Waals surface area contributed by atoms with Gasteiger partial charge in [-0.05, 0) is 6.92 Å². The summed E-state index contributed by atoms with van der Waals surface area (Å²) in [6.07, 6.45) is 0.589. The summed E-state index contributed by atoms with van der Waals surface area (Å²) >= 11 is 0. The van der Waals surface area contributed by atoms with Crippen LogP contribution in [-0.2, 0) is 19.7 Å². The molecule has 2 N–H and O–H groups in total. The summed E-state index contributed by atoms with van der Waals surface area (Å²) in [6.45, 7) is 1.23. The number of aliphatic hydroxyl groups excluding tert-OH is 1. The number of carbonyl (C=O) groups is 2. The summed E-state index contributed by atoms with van der Waals surface area (Å²) in [6, 6.07) is 0. The van der Waals surface area contributed by atoms with E-state index in [0.717, 1.165) is 0 Å². The first kappa shape index (κ1) is 12.8. The Morgan fingerprint density at radius 1 is 1.50 bits per heavy atom. The number of hydrogen-bond donors (Lipinski definition) is 2. The quantitative estimate of drug-likeness (QED) is 0.218. The van der Waals surface area contributed by atoms with E-state index in [9.17, 15) is 18.0 Å². The van der Waals surface area contributed by atoms with Gasteiger partial charge in [-0.15, -0.1) is 0 Å². The first-order valence-electron chi connectivity index (χ1n) is 3.57. The standard InChI is InChI=1S/C7H10O6S/c1-5(2-8)7(10)6(3-9)4-14(11,12)13/h2-3,6,8H,4H2,1H3,(H,11,12,13). The van der Waals surface area contributed by atoms with E-state index in [1.165, 1.54) is 6.92 Å². The van der Waals surface area contributed by atoms with Crippen molar-refractivity contribution in [3.8, 4) is 0 Å². The zero-order chi connectivity index (χ0) is 11.4. The van der Waals surface area contributed by atoms with Gasteiger partial charge in [-0.1, -0.05) is 0 Å². The maximum absolute atomic E-state index is 11.1. The molecule has 0 aliphatic carbocycles. The lowest BCUT2D eigenvalue weighted by Crippen LogP contribution is -2.25. The molecule has 0 saturated heterocycles. The zero-order valence-corrected chi connectivity index (χ0v) is 8.19. The number of hydrogen-bond acceptors (Lipinski definition) is 5. The van der Waals surface area contributed by atoms with Crippen LogP contribution in [-0.4, -0.2) is 35.9 Å². The van der Waals surface area contributed by atoms with Crippen molar-refractivity contribution in [2.75, 3.05) is 5.75 Å². The average molecular weight is 222 g/mol. The third-order valence-electron chi connectivity index (χ3n) is 1.47. The highest BCUT2D eigenvalue weighted by molar-refractivity contribution is 7.85. The van der Waals surface area contributed by atoms with E-state index >= 15 is 0 Å². The van der Waals surface area contributed by atoms with Crippen LogP contribution in [0.3, 0.4) is 0 Å².